The molecule has 1 heterocycles. The lowest BCUT2D eigenvalue weighted by Crippen LogP contribution is -2.47. The first kappa shape index (κ1) is 13.7. The fraction of sp³-hybridized carbons (Fsp3) is 0.818. The van der Waals surface area contributed by atoms with E-state index >= 15 is 0 Å². The Bertz CT molecular complexity index is 326. The normalized spacial score (nSPS) is 29.2. The van der Waals surface area contributed by atoms with Crippen LogP contribution >= 0.6 is 0 Å². The van der Waals surface area contributed by atoms with Crippen LogP contribution in [0.4, 0.5) is 9.18 Å². The lowest BCUT2D eigenvalue weighted by molar-refractivity contribution is -0.142. The fourth-order valence-electron chi connectivity index (χ4n) is 1.81. The van der Waals surface area contributed by atoms with Gasteiger partial charge in [-0.25, -0.2) is 14.0 Å². The van der Waals surface area contributed by atoms with Crippen molar-refractivity contribution in [1.29, 1.82) is 0 Å². The molecule has 1 N–H and O–H groups in total. The molecule has 1 fully saturated rings. The van der Waals surface area contributed by atoms with Gasteiger partial charge < -0.3 is 9.84 Å². The van der Waals surface area contributed by atoms with Crippen molar-refractivity contribution in [2.24, 2.45) is 0 Å². The van der Waals surface area contributed by atoms with Crippen molar-refractivity contribution in [2.45, 2.75) is 58.0 Å². The number of amides is 1. The predicted octanol–water partition coefficient (Wildman–Crippen LogP) is 1.81. The van der Waals surface area contributed by atoms with Crippen molar-refractivity contribution < 1.29 is 23.8 Å². The first-order valence-electron chi connectivity index (χ1n) is 5.51. The van der Waals surface area contributed by atoms with Crippen molar-refractivity contribution in [1.82, 2.24) is 4.90 Å². The summed E-state index contributed by atoms with van der Waals surface area (Å²) in [7, 11) is 0. The lowest BCUT2D eigenvalue weighted by atomic mass is 10.2. The van der Waals surface area contributed by atoms with Gasteiger partial charge in [0.1, 0.15) is 17.8 Å². The molecular weight excluding hydrogens is 229 g/mol. The van der Waals surface area contributed by atoms with Crippen LogP contribution in [0.15, 0.2) is 0 Å². The molecule has 0 aromatic rings. The number of alkyl halides is 1. The summed E-state index contributed by atoms with van der Waals surface area (Å²) in [5.74, 6) is -1.21. The van der Waals surface area contributed by atoms with Crippen molar-refractivity contribution in [3.05, 3.63) is 0 Å². The first-order chi connectivity index (χ1) is 7.63. The van der Waals surface area contributed by atoms with E-state index in [1.807, 2.05) is 0 Å². The zero-order chi connectivity index (χ0) is 13.4. The van der Waals surface area contributed by atoms with Crippen LogP contribution in [-0.2, 0) is 9.53 Å². The highest BCUT2D eigenvalue weighted by Gasteiger charge is 2.46. The Kier molecular flexibility index (Phi) is 3.64. The Morgan fingerprint density at radius 3 is 2.35 bits per heavy atom. The SMILES string of the molecule is C[C@@H]1[C@H](F)C[C@H](C(=O)O)N1C(=O)OC(C)(C)C. The Morgan fingerprint density at radius 2 is 1.94 bits per heavy atom. The highest BCUT2D eigenvalue weighted by Crippen LogP contribution is 2.28. The maximum absolute atomic E-state index is 13.5. The lowest BCUT2D eigenvalue weighted by Gasteiger charge is -2.29. The molecular formula is C11H18FNO4. The Balaban J connectivity index is 2.85. The maximum Gasteiger partial charge on any atom is 0.411 e. The van der Waals surface area contributed by atoms with Gasteiger partial charge in [-0.2, -0.15) is 0 Å². The van der Waals surface area contributed by atoms with Gasteiger partial charge in [0.05, 0.1) is 6.04 Å². The van der Waals surface area contributed by atoms with E-state index in [0.717, 1.165) is 4.90 Å². The predicted molar refractivity (Wildman–Crippen MR) is 58.5 cm³/mol. The summed E-state index contributed by atoms with van der Waals surface area (Å²) in [6, 6.07) is -1.92. The van der Waals surface area contributed by atoms with Crippen molar-refractivity contribution >= 4 is 12.1 Å². The van der Waals surface area contributed by atoms with Crippen LogP contribution in [0.3, 0.4) is 0 Å². The van der Waals surface area contributed by atoms with Crippen LogP contribution in [0.25, 0.3) is 0 Å². The van der Waals surface area contributed by atoms with Crippen molar-refractivity contribution in [2.75, 3.05) is 0 Å². The third-order valence-corrected chi connectivity index (χ3v) is 2.64. The molecule has 0 aromatic heterocycles. The first-order valence-corrected chi connectivity index (χ1v) is 5.51. The zero-order valence-corrected chi connectivity index (χ0v) is 10.4. The van der Waals surface area contributed by atoms with Gasteiger partial charge in [0.15, 0.2) is 0 Å². The second-order valence-corrected chi connectivity index (χ2v) is 5.23. The molecule has 0 radical (unpaired) electrons. The van der Waals surface area contributed by atoms with Crippen molar-refractivity contribution in [3.8, 4) is 0 Å². The maximum atomic E-state index is 13.5. The number of likely N-dealkylation sites (tertiary alicyclic amines) is 1. The van der Waals surface area contributed by atoms with Gasteiger partial charge in [0, 0.05) is 6.42 Å². The standard InChI is InChI=1S/C11H18FNO4/c1-6-7(12)5-8(9(14)15)13(6)10(16)17-11(2,3)4/h6-8H,5H2,1-4H3,(H,14,15)/t6-,7-,8-/m1/s1. The summed E-state index contributed by atoms with van der Waals surface area (Å²) >= 11 is 0. The van der Waals surface area contributed by atoms with E-state index in [1.54, 1.807) is 20.8 Å². The minimum absolute atomic E-state index is 0.185. The molecule has 0 aromatic carbocycles. The number of carboxylic acid groups (broad SMARTS) is 1. The highest BCUT2D eigenvalue weighted by atomic mass is 19.1. The van der Waals surface area contributed by atoms with Crippen LogP contribution in [0.2, 0.25) is 0 Å². The second-order valence-electron chi connectivity index (χ2n) is 5.23. The van der Waals surface area contributed by atoms with Crippen LogP contribution in [0.1, 0.15) is 34.1 Å². The molecule has 1 saturated heterocycles. The summed E-state index contributed by atoms with van der Waals surface area (Å²) < 4.78 is 18.5. The number of hydrogen-bond donors (Lipinski definition) is 1. The van der Waals surface area contributed by atoms with Gasteiger partial charge >= 0.3 is 12.1 Å². The summed E-state index contributed by atoms with van der Waals surface area (Å²) in [6.45, 7) is 6.51. The van der Waals surface area contributed by atoms with Crippen LogP contribution in [-0.4, -0.2) is 45.9 Å². The van der Waals surface area contributed by atoms with Gasteiger partial charge in [0.2, 0.25) is 0 Å². The molecule has 98 valence electrons. The second kappa shape index (κ2) is 4.50. The number of ether oxygens (including phenoxy) is 1. The number of carbonyl (C=O) groups excluding carboxylic acids is 1. The quantitative estimate of drug-likeness (QED) is 0.767. The summed E-state index contributed by atoms with van der Waals surface area (Å²) in [6.07, 6.45) is -2.29. The van der Waals surface area contributed by atoms with E-state index in [-0.39, 0.29) is 6.42 Å². The van der Waals surface area contributed by atoms with Crippen LogP contribution in [0, 0.1) is 0 Å². The summed E-state index contributed by atoms with van der Waals surface area (Å²) in [4.78, 5) is 23.7. The van der Waals surface area contributed by atoms with Gasteiger partial charge in [0.25, 0.3) is 0 Å². The Labute approximate surface area is 99.5 Å². The van der Waals surface area contributed by atoms with E-state index < -0.39 is 35.9 Å². The third-order valence-electron chi connectivity index (χ3n) is 2.64. The fourth-order valence-corrected chi connectivity index (χ4v) is 1.81. The molecule has 0 spiro atoms. The number of carbonyl (C=O) groups is 2. The number of aliphatic carboxylic acids is 1. The molecule has 1 amide bonds. The number of halogens is 1. The molecule has 0 saturated carbocycles. The minimum Gasteiger partial charge on any atom is -0.480 e. The van der Waals surface area contributed by atoms with E-state index in [2.05, 4.69) is 0 Å². The number of carboxylic acids is 1. The Morgan fingerprint density at radius 1 is 1.41 bits per heavy atom. The molecule has 5 nitrogen and oxygen atoms in total. The molecule has 0 bridgehead atoms. The van der Waals surface area contributed by atoms with Gasteiger partial charge in [-0.1, -0.05) is 0 Å². The largest absolute Gasteiger partial charge is 0.480 e. The van der Waals surface area contributed by atoms with Gasteiger partial charge in [-0.15, -0.1) is 0 Å². The smallest absolute Gasteiger partial charge is 0.411 e. The van der Waals surface area contributed by atoms with E-state index in [1.165, 1.54) is 6.92 Å². The van der Waals surface area contributed by atoms with Crippen molar-refractivity contribution in [3.63, 3.8) is 0 Å². The Hall–Kier alpha value is -1.33. The van der Waals surface area contributed by atoms with E-state index in [9.17, 15) is 14.0 Å². The number of nitrogens with zero attached hydrogens (tertiary/aromatic N) is 1. The molecule has 3 atom stereocenters. The molecule has 0 unspecified atom stereocenters. The minimum atomic E-state index is -1.33. The highest BCUT2D eigenvalue weighted by molar-refractivity contribution is 5.81. The van der Waals surface area contributed by atoms with E-state index in [0.29, 0.717) is 0 Å². The third kappa shape index (κ3) is 3.08. The average Bonchev–Trinajstić information content (AvgIpc) is 2.40. The molecule has 0 aliphatic carbocycles. The summed E-state index contributed by atoms with van der Waals surface area (Å²) in [5, 5.41) is 8.95. The monoisotopic (exact) mass is 247 g/mol. The number of rotatable bonds is 1. The van der Waals surface area contributed by atoms with Crippen LogP contribution < -0.4 is 0 Å². The van der Waals surface area contributed by atoms with E-state index in [4.69, 9.17) is 9.84 Å². The molecule has 6 heteroatoms. The zero-order valence-electron chi connectivity index (χ0n) is 10.4. The molecule has 1 rings (SSSR count). The average molecular weight is 247 g/mol. The van der Waals surface area contributed by atoms with Gasteiger partial charge in [-0.3, -0.25) is 4.90 Å². The van der Waals surface area contributed by atoms with Crippen LogP contribution in [0.5, 0.6) is 0 Å². The number of hydrogen-bond acceptors (Lipinski definition) is 3. The molecule has 1 aliphatic rings. The topological polar surface area (TPSA) is 66.8 Å². The van der Waals surface area contributed by atoms with Gasteiger partial charge in [-0.05, 0) is 27.7 Å². The molecule has 17 heavy (non-hydrogen) atoms. The molecule has 1 aliphatic heterocycles. The summed E-state index contributed by atoms with van der Waals surface area (Å²) in [5.41, 5.74) is -0.728.